The third kappa shape index (κ3) is 2.18. The summed E-state index contributed by atoms with van der Waals surface area (Å²) in [7, 11) is 0. The molecule has 0 bridgehead atoms. The van der Waals surface area contributed by atoms with E-state index < -0.39 is 5.60 Å². The van der Waals surface area contributed by atoms with Crippen molar-refractivity contribution in [1.29, 1.82) is 0 Å². The summed E-state index contributed by atoms with van der Waals surface area (Å²) in [5.74, 6) is 0. The number of hydrogen-bond donors (Lipinski definition) is 1. The molecular weight excluding hydrogens is 192 g/mol. The summed E-state index contributed by atoms with van der Waals surface area (Å²) in [5, 5.41) is 12.0. The van der Waals surface area contributed by atoms with Gasteiger partial charge in [0, 0.05) is 11.3 Å². The van der Waals surface area contributed by atoms with E-state index in [1.807, 2.05) is 25.2 Å². The topological polar surface area (TPSA) is 20.2 Å². The van der Waals surface area contributed by atoms with Gasteiger partial charge in [0.2, 0.25) is 0 Å². The summed E-state index contributed by atoms with van der Waals surface area (Å²) in [6.45, 7) is 3.78. The largest absolute Gasteiger partial charge is 0.390 e. The first-order valence-corrected chi connectivity index (χ1v) is 6.25. The van der Waals surface area contributed by atoms with Crippen LogP contribution in [0.5, 0.6) is 0 Å². The average Bonchev–Trinajstić information content (AvgIpc) is 2.47. The van der Waals surface area contributed by atoms with E-state index in [1.165, 1.54) is 31.2 Å². The van der Waals surface area contributed by atoms with Crippen LogP contribution in [0.4, 0.5) is 0 Å². The molecular formula is C12H18OS. The van der Waals surface area contributed by atoms with E-state index in [-0.39, 0.29) is 0 Å². The molecule has 0 unspecified atom stereocenters. The fourth-order valence-electron chi connectivity index (χ4n) is 2.18. The van der Waals surface area contributed by atoms with Crippen LogP contribution in [0.2, 0.25) is 0 Å². The summed E-state index contributed by atoms with van der Waals surface area (Å²) < 4.78 is 0. The fraction of sp³-hybridized carbons (Fsp3) is 0.667. The Labute approximate surface area is 89.8 Å². The van der Waals surface area contributed by atoms with Gasteiger partial charge in [-0.05, 0) is 56.0 Å². The Hall–Kier alpha value is -0.340. The predicted molar refractivity (Wildman–Crippen MR) is 61.0 cm³/mol. The second-order valence-electron chi connectivity index (χ2n) is 4.86. The van der Waals surface area contributed by atoms with Gasteiger partial charge in [-0.1, -0.05) is 0 Å². The molecule has 1 aliphatic carbocycles. The van der Waals surface area contributed by atoms with Crippen molar-refractivity contribution < 1.29 is 5.11 Å². The summed E-state index contributed by atoms with van der Waals surface area (Å²) in [6, 6.07) is 0. The molecule has 0 aromatic carbocycles. The lowest BCUT2D eigenvalue weighted by Gasteiger charge is -2.19. The monoisotopic (exact) mass is 210 g/mol. The van der Waals surface area contributed by atoms with Crippen LogP contribution in [0.3, 0.4) is 0 Å². The SMILES string of the molecule is CC(C)(O)Cc1csc2c1CCCC2. The maximum Gasteiger partial charge on any atom is 0.0632 e. The minimum absolute atomic E-state index is 0.563. The number of aliphatic hydroxyl groups is 1. The zero-order valence-electron chi connectivity index (χ0n) is 8.97. The molecule has 78 valence electrons. The molecule has 1 aromatic rings. The van der Waals surface area contributed by atoms with Gasteiger partial charge >= 0.3 is 0 Å². The zero-order chi connectivity index (χ0) is 10.2. The maximum atomic E-state index is 9.80. The van der Waals surface area contributed by atoms with Crippen molar-refractivity contribution in [3.8, 4) is 0 Å². The lowest BCUT2D eigenvalue weighted by Crippen LogP contribution is -2.22. The molecule has 1 aliphatic rings. The van der Waals surface area contributed by atoms with E-state index in [1.54, 1.807) is 10.4 Å². The molecule has 14 heavy (non-hydrogen) atoms. The first-order chi connectivity index (χ1) is 6.56. The number of rotatable bonds is 2. The quantitative estimate of drug-likeness (QED) is 0.795. The Morgan fingerprint density at radius 1 is 1.36 bits per heavy atom. The highest BCUT2D eigenvalue weighted by Crippen LogP contribution is 2.31. The van der Waals surface area contributed by atoms with Crippen molar-refractivity contribution in [3.63, 3.8) is 0 Å². The Balaban J connectivity index is 2.22. The molecule has 1 nitrogen and oxygen atoms in total. The molecule has 0 saturated carbocycles. The third-order valence-corrected chi connectivity index (χ3v) is 3.91. The highest BCUT2D eigenvalue weighted by molar-refractivity contribution is 7.10. The third-order valence-electron chi connectivity index (χ3n) is 2.77. The summed E-state index contributed by atoms with van der Waals surface area (Å²) in [5.41, 5.74) is 2.37. The standard InChI is InChI=1S/C12H18OS/c1-12(2,13)7-9-8-14-11-6-4-3-5-10(9)11/h8,13H,3-7H2,1-2H3. The van der Waals surface area contributed by atoms with Crippen LogP contribution in [-0.4, -0.2) is 10.7 Å². The lowest BCUT2D eigenvalue weighted by atomic mass is 9.91. The van der Waals surface area contributed by atoms with Gasteiger partial charge in [-0.25, -0.2) is 0 Å². The summed E-state index contributed by atoms with van der Waals surface area (Å²) in [6.07, 6.45) is 5.95. The molecule has 2 heteroatoms. The molecule has 1 aromatic heterocycles. The number of aryl methyl sites for hydroxylation is 1. The van der Waals surface area contributed by atoms with E-state index in [0.717, 1.165) is 6.42 Å². The minimum Gasteiger partial charge on any atom is -0.390 e. The van der Waals surface area contributed by atoms with Gasteiger partial charge in [-0.2, -0.15) is 0 Å². The second kappa shape index (κ2) is 3.67. The van der Waals surface area contributed by atoms with Crippen LogP contribution in [-0.2, 0) is 19.3 Å². The van der Waals surface area contributed by atoms with Crippen molar-refractivity contribution in [2.24, 2.45) is 0 Å². The normalized spacial score (nSPS) is 16.8. The fourth-order valence-corrected chi connectivity index (χ4v) is 3.32. The van der Waals surface area contributed by atoms with Crippen LogP contribution in [0, 0.1) is 0 Å². The molecule has 0 fully saturated rings. The molecule has 0 amide bonds. The van der Waals surface area contributed by atoms with Crippen molar-refractivity contribution in [2.75, 3.05) is 0 Å². The molecule has 0 radical (unpaired) electrons. The molecule has 1 N–H and O–H groups in total. The van der Waals surface area contributed by atoms with Gasteiger partial charge in [-0.15, -0.1) is 11.3 Å². The summed E-state index contributed by atoms with van der Waals surface area (Å²) >= 11 is 1.88. The highest BCUT2D eigenvalue weighted by Gasteiger charge is 2.20. The zero-order valence-corrected chi connectivity index (χ0v) is 9.78. The first kappa shape index (κ1) is 10.2. The predicted octanol–water partition coefficient (Wildman–Crippen LogP) is 2.94. The molecule has 2 rings (SSSR count). The van der Waals surface area contributed by atoms with Gasteiger partial charge < -0.3 is 5.11 Å². The Bertz CT molecular complexity index is 320. The number of hydrogen-bond acceptors (Lipinski definition) is 2. The van der Waals surface area contributed by atoms with Crippen LogP contribution in [0.25, 0.3) is 0 Å². The van der Waals surface area contributed by atoms with Crippen LogP contribution in [0.15, 0.2) is 5.38 Å². The number of thiophene rings is 1. The average molecular weight is 210 g/mol. The Kier molecular flexibility index (Phi) is 2.67. The van der Waals surface area contributed by atoms with Gasteiger partial charge in [0.1, 0.15) is 0 Å². The van der Waals surface area contributed by atoms with Crippen molar-refractivity contribution >= 4 is 11.3 Å². The van der Waals surface area contributed by atoms with E-state index in [9.17, 15) is 5.11 Å². The Morgan fingerprint density at radius 3 is 2.79 bits per heavy atom. The van der Waals surface area contributed by atoms with Crippen molar-refractivity contribution in [3.05, 3.63) is 21.4 Å². The van der Waals surface area contributed by atoms with Crippen LogP contribution < -0.4 is 0 Å². The van der Waals surface area contributed by atoms with Crippen LogP contribution in [0.1, 0.15) is 42.7 Å². The highest BCUT2D eigenvalue weighted by atomic mass is 32.1. The molecule has 0 atom stereocenters. The molecule has 0 saturated heterocycles. The van der Waals surface area contributed by atoms with E-state index >= 15 is 0 Å². The van der Waals surface area contributed by atoms with Gasteiger partial charge in [0.15, 0.2) is 0 Å². The maximum absolute atomic E-state index is 9.80. The Morgan fingerprint density at radius 2 is 2.07 bits per heavy atom. The van der Waals surface area contributed by atoms with Gasteiger partial charge in [0.05, 0.1) is 5.60 Å². The van der Waals surface area contributed by atoms with E-state index in [0.29, 0.717) is 0 Å². The molecule has 0 aliphatic heterocycles. The smallest absolute Gasteiger partial charge is 0.0632 e. The molecule has 1 heterocycles. The van der Waals surface area contributed by atoms with Crippen molar-refractivity contribution in [2.45, 2.75) is 51.6 Å². The minimum atomic E-state index is -0.563. The van der Waals surface area contributed by atoms with E-state index in [4.69, 9.17) is 0 Å². The first-order valence-electron chi connectivity index (χ1n) is 5.37. The van der Waals surface area contributed by atoms with Gasteiger partial charge in [-0.3, -0.25) is 0 Å². The number of fused-ring (bicyclic) bond motifs is 1. The lowest BCUT2D eigenvalue weighted by molar-refractivity contribution is 0.0808. The van der Waals surface area contributed by atoms with Crippen LogP contribution >= 0.6 is 11.3 Å². The second-order valence-corrected chi connectivity index (χ2v) is 5.82. The van der Waals surface area contributed by atoms with Crippen molar-refractivity contribution in [1.82, 2.24) is 0 Å². The summed E-state index contributed by atoms with van der Waals surface area (Å²) in [4.78, 5) is 1.57. The van der Waals surface area contributed by atoms with E-state index in [2.05, 4.69) is 5.38 Å². The van der Waals surface area contributed by atoms with Gasteiger partial charge in [0.25, 0.3) is 0 Å². The molecule has 0 spiro atoms.